The minimum absolute atomic E-state index is 0.305. The Balaban J connectivity index is 1.48. The first-order valence-corrected chi connectivity index (χ1v) is 8.35. The van der Waals surface area contributed by atoms with Gasteiger partial charge in [-0.3, -0.25) is 9.80 Å². The maximum atomic E-state index is 11.4. The van der Waals surface area contributed by atoms with Gasteiger partial charge in [-0.25, -0.2) is 8.42 Å². The Morgan fingerprint density at radius 3 is 2.29 bits per heavy atom. The molecule has 3 aliphatic heterocycles. The zero-order valence-corrected chi connectivity index (χ0v) is 11.0. The van der Waals surface area contributed by atoms with Crippen molar-refractivity contribution in [1.82, 2.24) is 15.1 Å². The van der Waals surface area contributed by atoms with Crippen LogP contribution in [0.3, 0.4) is 0 Å². The number of nitrogens with one attached hydrogen (secondary N) is 1. The molecule has 0 aliphatic carbocycles. The van der Waals surface area contributed by atoms with Crippen molar-refractivity contribution in [1.29, 1.82) is 0 Å². The van der Waals surface area contributed by atoms with E-state index >= 15 is 0 Å². The second-order valence-corrected chi connectivity index (χ2v) is 7.68. The first-order chi connectivity index (χ1) is 8.14. The lowest BCUT2D eigenvalue weighted by Crippen LogP contribution is -2.64. The van der Waals surface area contributed by atoms with Crippen molar-refractivity contribution in [3.05, 3.63) is 0 Å². The van der Waals surface area contributed by atoms with Crippen LogP contribution in [-0.2, 0) is 9.84 Å². The zero-order valence-electron chi connectivity index (χ0n) is 10.1. The highest BCUT2D eigenvalue weighted by Crippen LogP contribution is 2.25. The number of likely N-dealkylation sites (tertiary alicyclic amines) is 1. The molecule has 0 amide bonds. The van der Waals surface area contributed by atoms with E-state index in [0.29, 0.717) is 23.6 Å². The molecule has 3 fully saturated rings. The van der Waals surface area contributed by atoms with Gasteiger partial charge in [0.1, 0.15) is 0 Å². The van der Waals surface area contributed by atoms with E-state index in [1.165, 1.54) is 0 Å². The van der Waals surface area contributed by atoms with Gasteiger partial charge in [0.05, 0.1) is 11.5 Å². The third-order valence-corrected chi connectivity index (χ3v) is 6.03. The van der Waals surface area contributed by atoms with Gasteiger partial charge in [0.25, 0.3) is 0 Å². The van der Waals surface area contributed by atoms with Gasteiger partial charge in [-0.15, -0.1) is 0 Å². The van der Waals surface area contributed by atoms with Crippen molar-refractivity contribution in [3.8, 4) is 0 Å². The third kappa shape index (κ3) is 2.50. The molecule has 5 nitrogen and oxygen atoms in total. The lowest BCUT2D eigenvalue weighted by molar-refractivity contribution is 0.00598. The van der Waals surface area contributed by atoms with Gasteiger partial charge < -0.3 is 5.32 Å². The molecule has 0 bridgehead atoms. The molecule has 1 atom stereocenters. The van der Waals surface area contributed by atoms with Crippen LogP contribution >= 0.6 is 0 Å². The summed E-state index contributed by atoms with van der Waals surface area (Å²) in [5.74, 6) is 0.785. The van der Waals surface area contributed by atoms with Crippen LogP contribution in [0.25, 0.3) is 0 Å². The van der Waals surface area contributed by atoms with Crippen LogP contribution in [0.2, 0.25) is 0 Å². The summed E-state index contributed by atoms with van der Waals surface area (Å²) in [6.45, 7) is 6.60. The number of nitrogens with zero attached hydrogens (tertiary/aromatic N) is 2. The highest BCUT2D eigenvalue weighted by Gasteiger charge is 2.40. The van der Waals surface area contributed by atoms with Crippen molar-refractivity contribution in [2.45, 2.75) is 18.5 Å². The smallest absolute Gasteiger partial charge is 0.151 e. The Labute approximate surface area is 103 Å². The summed E-state index contributed by atoms with van der Waals surface area (Å²) >= 11 is 0. The summed E-state index contributed by atoms with van der Waals surface area (Å²) in [5.41, 5.74) is 0. The standard InChI is InChI=1S/C11H21N3O2S/c15-17(16)6-1-10(9-17)14-7-11(8-14)13-4-2-12-3-5-13/h10-12H,1-9H2. The van der Waals surface area contributed by atoms with Gasteiger partial charge in [0.15, 0.2) is 9.84 Å². The van der Waals surface area contributed by atoms with Gasteiger partial charge in [-0.1, -0.05) is 0 Å². The normalized spacial score (nSPS) is 35.9. The lowest BCUT2D eigenvalue weighted by Gasteiger charge is -2.49. The lowest BCUT2D eigenvalue weighted by atomic mass is 10.0. The van der Waals surface area contributed by atoms with Crippen molar-refractivity contribution in [2.24, 2.45) is 0 Å². The highest BCUT2D eigenvalue weighted by molar-refractivity contribution is 7.91. The maximum Gasteiger partial charge on any atom is 0.151 e. The van der Waals surface area contributed by atoms with E-state index in [2.05, 4.69) is 15.1 Å². The van der Waals surface area contributed by atoms with E-state index in [1.807, 2.05) is 0 Å². The van der Waals surface area contributed by atoms with Crippen LogP contribution in [0.15, 0.2) is 0 Å². The molecular formula is C11H21N3O2S. The molecule has 1 N–H and O–H groups in total. The predicted molar refractivity (Wildman–Crippen MR) is 66.9 cm³/mol. The molecule has 98 valence electrons. The van der Waals surface area contributed by atoms with Gasteiger partial charge in [0, 0.05) is 51.4 Å². The number of piperazine rings is 1. The second-order valence-electron chi connectivity index (χ2n) is 5.45. The fourth-order valence-corrected chi connectivity index (χ4v) is 4.89. The Kier molecular flexibility index (Phi) is 3.15. The number of hydrogen-bond donors (Lipinski definition) is 1. The van der Waals surface area contributed by atoms with Gasteiger partial charge in [0.2, 0.25) is 0 Å². The van der Waals surface area contributed by atoms with Crippen LogP contribution < -0.4 is 5.32 Å². The summed E-state index contributed by atoms with van der Waals surface area (Å²) in [7, 11) is -2.72. The SMILES string of the molecule is O=S1(=O)CCC(N2CC(N3CCNCC3)C2)C1. The van der Waals surface area contributed by atoms with Gasteiger partial charge in [-0.2, -0.15) is 0 Å². The quantitative estimate of drug-likeness (QED) is 0.672. The summed E-state index contributed by atoms with van der Waals surface area (Å²) in [6, 6.07) is 0.972. The average molecular weight is 259 g/mol. The van der Waals surface area contributed by atoms with Crippen molar-refractivity contribution in [2.75, 3.05) is 50.8 Å². The molecular weight excluding hydrogens is 238 g/mol. The zero-order chi connectivity index (χ0) is 11.9. The van der Waals surface area contributed by atoms with Crippen LogP contribution in [0.1, 0.15) is 6.42 Å². The summed E-state index contributed by atoms with van der Waals surface area (Å²) in [5, 5.41) is 3.36. The van der Waals surface area contributed by atoms with Crippen LogP contribution in [-0.4, -0.2) is 81.1 Å². The highest BCUT2D eigenvalue weighted by atomic mass is 32.2. The van der Waals surface area contributed by atoms with Crippen molar-refractivity contribution < 1.29 is 8.42 Å². The van der Waals surface area contributed by atoms with Crippen LogP contribution in [0, 0.1) is 0 Å². The number of hydrogen-bond acceptors (Lipinski definition) is 5. The van der Waals surface area contributed by atoms with Crippen LogP contribution in [0.5, 0.6) is 0 Å². The second kappa shape index (κ2) is 4.50. The van der Waals surface area contributed by atoms with E-state index in [1.54, 1.807) is 0 Å². The fourth-order valence-electron chi connectivity index (χ4n) is 3.13. The number of rotatable bonds is 2. The molecule has 0 spiro atoms. The largest absolute Gasteiger partial charge is 0.314 e. The molecule has 1 unspecified atom stereocenters. The van der Waals surface area contributed by atoms with E-state index in [4.69, 9.17) is 0 Å². The Morgan fingerprint density at radius 1 is 1.00 bits per heavy atom. The topological polar surface area (TPSA) is 52.7 Å². The molecule has 0 aromatic rings. The fraction of sp³-hybridized carbons (Fsp3) is 1.00. The summed E-state index contributed by atoms with van der Waals surface area (Å²) in [6.07, 6.45) is 0.844. The molecule has 3 saturated heterocycles. The molecule has 3 rings (SSSR count). The minimum Gasteiger partial charge on any atom is -0.314 e. The molecule has 0 saturated carbocycles. The van der Waals surface area contributed by atoms with Crippen molar-refractivity contribution >= 4 is 9.84 Å². The molecule has 3 aliphatic rings. The molecule has 17 heavy (non-hydrogen) atoms. The van der Waals surface area contributed by atoms with Gasteiger partial charge in [-0.05, 0) is 6.42 Å². The summed E-state index contributed by atoms with van der Waals surface area (Å²) in [4.78, 5) is 4.90. The number of sulfone groups is 1. The van der Waals surface area contributed by atoms with E-state index in [-0.39, 0.29) is 0 Å². The Bertz CT molecular complexity index is 372. The first-order valence-electron chi connectivity index (χ1n) is 6.53. The van der Waals surface area contributed by atoms with E-state index in [0.717, 1.165) is 45.7 Å². The monoisotopic (exact) mass is 259 g/mol. The molecule has 0 aromatic heterocycles. The van der Waals surface area contributed by atoms with Crippen molar-refractivity contribution in [3.63, 3.8) is 0 Å². The predicted octanol–water partition coefficient (Wildman–Crippen LogP) is -1.24. The van der Waals surface area contributed by atoms with Gasteiger partial charge >= 0.3 is 0 Å². The van der Waals surface area contributed by atoms with E-state index < -0.39 is 9.84 Å². The van der Waals surface area contributed by atoms with E-state index in [9.17, 15) is 8.42 Å². The third-order valence-electron chi connectivity index (χ3n) is 4.28. The summed E-state index contributed by atoms with van der Waals surface area (Å²) < 4.78 is 22.8. The Hall–Kier alpha value is -0.170. The molecule has 3 heterocycles. The first kappa shape index (κ1) is 11.9. The average Bonchev–Trinajstić information content (AvgIpc) is 2.58. The molecule has 0 radical (unpaired) electrons. The minimum atomic E-state index is -2.72. The van der Waals surface area contributed by atoms with Crippen LogP contribution in [0.4, 0.5) is 0 Å². The maximum absolute atomic E-state index is 11.4. The molecule has 0 aromatic carbocycles. The molecule has 6 heteroatoms. The Morgan fingerprint density at radius 2 is 1.71 bits per heavy atom.